The van der Waals surface area contributed by atoms with Gasteiger partial charge >= 0.3 is 0 Å². The lowest BCUT2D eigenvalue weighted by Crippen LogP contribution is -2.48. The first kappa shape index (κ1) is 15.9. The molecule has 1 atom stereocenters. The average Bonchev–Trinajstić information content (AvgIpc) is 3.00. The average molecular weight is 351 g/mol. The first-order valence-electron chi connectivity index (χ1n) is 7.24. The van der Waals surface area contributed by atoms with Crippen molar-refractivity contribution in [3.05, 3.63) is 18.5 Å². The second-order valence-electron chi connectivity index (χ2n) is 5.10. The van der Waals surface area contributed by atoms with Crippen LogP contribution in [0.5, 0.6) is 0 Å². The Morgan fingerprint density at radius 1 is 1.43 bits per heavy atom. The number of anilines is 2. The highest BCUT2D eigenvalue weighted by molar-refractivity contribution is 8.01. The molecule has 1 amide bonds. The number of nitrogens with one attached hydrogen (secondary N) is 1. The molecule has 0 radical (unpaired) electrons. The van der Waals surface area contributed by atoms with Gasteiger partial charge in [0.05, 0.1) is 5.75 Å². The molecule has 3 heterocycles. The maximum Gasteiger partial charge on any atom is 0.230 e. The van der Waals surface area contributed by atoms with Crippen molar-refractivity contribution in [2.75, 3.05) is 29.5 Å². The van der Waals surface area contributed by atoms with Gasteiger partial charge in [0.25, 0.3) is 0 Å². The lowest BCUT2D eigenvalue weighted by Gasteiger charge is -2.33. The van der Waals surface area contributed by atoms with Gasteiger partial charge in [-0.3, -0.25) is 4.79 Å². The van der Waals surface area contributed by atoms with Crippen LogP contribution >= 0.6 is 23.1 Å². The van der Waals surface area contributed by atoms with Gasteiger partial charge in [0.2, 0.25) is 17.0 Å². The van der Waals surface area contributed by atoms with E-state index in [-0.39, 0.29) is 11.9 Å². The Hall–Kier alpha value is -1.94. The molecule has 0 aromatic carbocycles. The number of amides is 1. The van der Waals surface area contributed by atoms with E-state index in [1.165, 1.54) is 23.1 Å². The molecular formula is C13H17N7OS2. The number of thioether (sulfide) groups is 1. The Balaban J connectivity index is 1.48. The predicted octanol–water partition coefficient (Wildman–Crippen LogP) is 0.788. The molecule has 1 aliphatic heterocycles. The third kappa shape index (κ3) is 4.52. The Labute approximate surface area is 141 Å². The van der Waals surface area contributed by atoms with Crippen LogP contribution in [0.3, 0.4) is 0 Å². The molecule has 10 heteroatoms. The van der Waals surface area contributed by atoms with E-state index < -0.39 is 0 Å². The number of carbonyl (C=O) groups excluding carboxylic acids is 1. The topological polar surface area (TPSA) is 110 Å². The minimum atomic E-state index is -0.00963. The third-order valence-corrected chi connectivity index (χ3v) is 5.26. The van der Waals surface area contributed by atoms with Crippen LogP contribution < -0.4 is 16.0 Å². The number of hydrogen-bond acceptors (Lipinski definition) is 9. The molecule has 23 heavy (non-hydrogen) atoms. The summed E-state index contributed by atoms with van der Waals surface area (Å²) in [6.45, 7) is 1.64. The largest absolute Gasteiger partial charge is 0.374 e. The summed E-state index contributed by atoms with van der Waals surface area (Å²) in [5, 5.41) is 11.1. The molecule has 0 aliphatic carbocycles. The first-order chi connectivity index (χ1) is 11.2. The molecule has 122 valence electrons. The summed E-state index contributed by atoms with van der Waals surface area (Å²) in [5.74, 6) is 1.02. The van der Waals surface area contributed by atoms with Gasteiger partial charge in [-0.15, -0.1) is 10.2 Å². The van der Waals surface area contributed by atoms with Crippen molar-refractivity contribution >= 4 is 40.1 Å². The summed E-state index contributed by atoms with van der Waals surface area (Å²) in [4.78, 5) is 22.7. The van der Waals surface area contributed by atoms with Crippen molar-refractivity contribution in [1.82, 2.24) is 25.5 Å². The first-order valence-corrected chi connectivity index (χ1v) is 9.04. The summed E-state index contributed by atoms with van der Waals surface area (Å²) < 4.78 is 0.709. The molecule has 2 aromatic rings. The van der Waals surface area contributed by atoms with E-state index in [0.717, 1.165) is 25.9 Å². The number of nitrogen functional groups attached to an aromatic ring is 1. The molecule has 2 aromatic heterocycles. The van der Waals surface area contributed by atoms with Gasteiger partial charge in [-0.1, -0.05) is 23.1 Å². The standard InChI is InChI=1S/C13H17N7OS2/c14-11-18-19-13(23-11)22-8-10(21)17-9-3-1-6-20(7-9)12-15-4-2-5-16-12/h2,4-5,9H,1,3,6-8H2,(H2,14,18)(H,17,21). The number of carbonyl (C=O) groups is 1. The summed E-state index contributed by atoms with van der Waals surface area (Å²) in [5.41, 5.74) is 5.52. The van der Waals surface area contributed by atoms with Gasteiger partial charge in [-0.2, -0.15) is 0 Å². The lowest BCUT2D eigenvalue weighted by molar-refractivity contribution is -0.119. The number of rotatable bonds is 5. The van der Waals surface area contributed by atoms with Gasteiger partial charge in [0, 0.05) is 31.5 Å². The second kappa shape index (κ2) is 7.55. The van der Waals surface area contributed by atoms with Crippen LogP contribution in [0, 0.1) is 0 Å². The smallest absolute Gasteiger partial charge is 0.230 e. The molecule has 3 N–H and O–H groups in total. The van der Waals surface area contributed by atoms with Crippen LogP contribution in [-0.4, -0.2) is 51.0 Å². The monoisotopic (exact) mass is 351 g/mol. The van der Waals surface area contributed by atoms with Gasteiger partial charge in [0.15, 0.2) is 4.34 Å². The van der Waals surface area contributed by atoms with E-state index in [4.69, 9.17) is 5.73 Å². The van der Waals surface area contributed by atoms with E-state index in [1.54, 1.807) is 18.5 Å². The Morgan fingerprint density at radius 2 is 2.26 bits per heavy atom. The van der Waals surface area contributed by atoms with Crippen molar-refractivity contribution in [1.29, 1.82) is 0 Å². The zero-order valence-electron chi connectivity index (χ0n) is 12.4. The maximum absolute atomic E-state index is 12.1. The number of nitrogens with zero attached hydrogens (tertiary/aromatic N) is 5. The highest BCUT2D eigenvalue weighted by Crippen LogP contribution is 2.23. The fourth-order valence-corrected chi connectivity index (χ4v) is 3.85. The Morgan fingerprint density at radius 3 is 3.00 bits per heavy atom. The minimum absolute atomic E-state index is 0.00963. The van der Waals surface area contributed by atoms with Crippen molar-refractivity contribution in [3.63, 3.8) is 0 Å². The van der Waals surface area contributed by atoms with Crippen molar-refractivity contribution < 1.29 is 4.79 Å². The van der Waals surface area contributed by atoms with Crippen LogP contribution in [0.1, 0.15) is 12.8 Å². The van der Waals surface area contributed by atoms with Gasteiger partial charge < -0.3 is 16.0 Å². The predicted molar refractivity (Wildman–Crippen MR) is 90.5 cm³/mol. The molecule has 1 unspecified atom stereocenters. The van der Waals surface area contributed by atoms with E-state index in [0.29, 0.717) is 21.2 Å². The van der Waals surface area contributed by atoms with Crippen LogP contribution in [0.15, 0.2) is 22.8 Å². The molecule has 3 rings (SSSR count). The summed E-state index contributed by atoms with van der Waals surface area (Å²) in [6.07, 6.45) is 5.43. The molecule has 1 saturated heterocycles. The van der Waals surface area contributed by atoms with Crippen molar-refractivity contribution in [2.45, 2.75) is 23.2 Å². The zero-order valence-corrected chi connectivity index (χ0v) is 14.0. The number of piperidine rings is 1. The number of aromatic nitrogens is 4. The van der Waals surface area contributed by atoms with Gasteiger partial charge in [-0.25, -0.2) is 9.97 Å². The van der Waals surface area contributed by atoms with Crippen molar-refractivity contribution in [2.24, 2.45) is 0 Å². The second-order valence-corrected chi connectivity index (χ2v) is 7.33. The zero-order chi connectivity index (χ0) is 16.1. The SMILES string of the molecule is Nc1nnc(SCC(=O)NC2CCCN(c3ncccn3)C2)s1. The molecule has 8 nitrogen and oxygen atoms in total. The van der Waals surface area contributed by atoms with Crippen LogP contribution in [-0.2, 0) is 4.79 Å². The van der Waals surface area contributed by atoms with E-state index in [9.17, 15) is 4.79 Å². The van der Waals surface area contributed by atoms with E-state index >= 15 is 0 Å². The molecule has 0 bridgehead atoms. The fraction of sp³-hybridized carbons (Fsp3) is 0.462. The van der Waals surface area contributed by atoms with E-state index in [1.807, 2.05) is 0 Å². The van der Waals surface area contributed by atoms with Crippen LogP contribution in [0.25, 0.3) is 0 Å². The van der Waals surface area contributed by atoms with Crippen LogP contribution in [0.2, 0.25) is 0 Å². The molecule has 0 spiro atoms. The maximum atomic E-state index is 12.1. The Kier molecular flexibility index (Phi) is 5.23. The normalized spacial score (nSPS) is 17.9. The Bertz CT molecular complexity index is 651. The van der Waals surface area contributed by atoms with E-state index in [2.05, 4.69) is 30.4 Å². The number of nitrogens with two attached hydrogens (primary N) is 1. The quantitative estimate of drug-likeness (QED) is 0.761. The minimum Gasteiger partial charge on any atom is -0.374 e. The molecular weight excluding hydrogens is 334 g/mol. The van der Waals surface area contributed by atoms with Crippen LogP contribution in [0.4, 0.5) is 11.1 Å². The highest BCUT2D eigenvalue weighted by Gasteiger charge is 2.23. The van der Waals surface area contributed by atoms with Gasteiger partial charge in [-0.05, 0) is 18.9 Å². The summed E-state index contributed by atoms with van der Waals surface area (Å²) >= 11 is 2.64. The third-order valence-electron chi connectivity index (χ3n) is 3.37. The highest BCUT2D eigenvalue weighted by atomic mass is 32.2. The molecule has 0 saturated carbocycles. The molecule has 1 aliphatic rings. The number of hydrogen-bond donors (Lipinski definition) is 2. The summed E-state index contributed by atoms with van der Waals surface area (Å²) in [7, 11) is 0. The molecule has 1 fully saturated rings. The lowest BCUT2D eigenvalue weighted by atomic mass is 10.1. The van der Waals surface area contributed by atoms with Gasteiger partial charge in [0.1, 0.15) is 0 Å². The summed E-state index contributed by atoms with van der Waals surface area (Å²) in [6, 6.07) is 1.91. The van der Waals surface area contributed by atoms with Crippen molar-refractivity contribution in [3.8, 4) is 0 Å². The fourth-order valence-electron chi connectivity index (χ4n) is 2.41.